The monoisotopic (exact) mass is 279 g/mol. The van der Waals surface area contributed by atoms with Gasteiger partial charge in [-0.2, -0.15) is 13.2 Å². The molecule has 1 heterocycles. The van der Waals surface area contributed by atoms with Gasteiger partial charge < -0.3 is 9.47 Å². The second kappa shape index (κ2) is 6.72. The van der Waals surface area contributed by atoms with Crippen molar-refractivity contribution in [1.29, 1.82) is 0 Å². The lowest BCUT2D eigenvalue weighted by molar-refractivity contribution is -0.158. The van der Waals surface area contributed by atoms with Crippen LogP contribution in [0.1, 0.15) is 19.5 Å². The van der Waals surface area contributed by atoms with E-state index in [9.17, 15) is 18.0 Å². The molecule has 0 saturated carbocycles. The lowest BCUT2D eigenvalue weighted by atomic mass is 10.3. The number of hydrogen-bond donors (Lipinski definition) is 0. The van der Waals surface area contributed by atoms with Gasteiger partial charge in [0.1, 0.15) is 5.69 Å². The number of aromatic nitrogens is 1. The van der Waals surface area contributed by atoms with Crippen LogP contribution in [0.4, 0.5) is 13.2 Å². The van der Waals surface area contributed by atoms with Gasteiger partial charge in [-0.1, -0.05) is 6.07 Å². The Labute approximate surface area is 108 Å². The van der Waals surface area contributed by atoms with Crippen molar-refractivity contribution >= 4 is 0 Å². The first kappa shape index (κ1) is 15.7. The molecule has 0 aliphatic rings. The van der Waals surface area contributed by atoms with E-state index in [-0.39, 0.29) is 19.8 Å². The Morgan fingerprint density at radius 3 is 2.26 bits per heavy atom. The van der Waals surface area contributed by atoms with Gasteiger partial charge in [0.15, 0.2) is 6.29 Å². The molecule has 0 saturated heterocycles. The maximum atomic E-state index is 12.8. The van der Waals surface area contributed by atoms with Gasteiger partial charge in [0.25, 0.3) is 5.56 Å². The maximum Gasteiger partial charge on any atom is 0.431 e. The van der Waals surface area contributed by atoms with Crippen molar-refractivity contribution in [2.75, 3.05) is 13.2 Å². The van der Waals surface area contributed by atoms with E-state index in [4.69, 9.17) is 9.47 Å². The van der Waals surface area contributed by atoms with Gasteiger partial charge in [0.2, 0.25) is 0 Å². The summed E-state index contributed by atoms with van der Waals surface area (Å²) in [6.07, 6.45) is -5.47. The Morgan fingerprint density at radius 1 is 1.21 bits per heavy atom. The maximum absolute atomic E-state index is 12.8. The molecule has 0 aromatic carbocycles. The Balaban J connectivity index is 3.08. The molecule has 0 aliphatic carbocycles. The number of alkyl halides is 3. The highest BCUT2D eigenvalue weighted by molar-refractivity contribution is 5.10. The van der Waals surface area contributed by atoms with E-state index < -0.39 is 23.7 Å². The van der Waals surface area contributed by atoms with Crippen molar-refractivity contribution < 1.29 is 22.6 Å². The van der Waals surface area contributed by atoms with Gasteiger partial charge in [-0.15, -0.1) is 0 Å². The molecule has 0 unspecified atom stereocenters. The van der Waals surface area contributed by atoms with Crippen molar-refractivity contribution in [3.63, 3.8) is 0 Å². The highest BCUT2D eigenvalue weighted by Gasteiger charge is 2.34. The van der Waals surface area contributed by atoms with Crippen molar-refractivity contribution in [1.82, 2.24) is 4.57 Å². The molecule has 0 atom stereocenters. The minimum absolute atomic E-state index is 0.285. The smallest absolute Gasteiger partial charge is 0.351 e. The molecule has 0 spiro atoms. The second-order valence-corrected chi connectivity index (χ2v) is 3.70. The number of rotatable bonds is 6. The summed E-state index contributed by atoms with van der Waals surface area (Å²) in [5, 5.41) is 0. The molecule has 19 heavy (non-hydrogen) atoms. The summed E-state index contributed by atoms with van der Waals surface area (Å²) in [4.78, 5) is 11.6. The fourth-order valence-electron chi connectivity index (χ4n) is 1.63. The van der Waals surface area contributed by atoms with Crippen molar-refractivity contribution in [3.05, 3.63) is 34.2 Å². The van der Waals surface area contributed by atoms with E-state index in [1.807, 2.05) is 0 Å². The standard InChI is InChI=1S/C12H16F3NO3/c1-3-18-11(19-4-2)8-16-9(12(13,14)15)6-5-7-10(16)17/h5-7,11H,3-4,8H2,1-2H3. The summed E-state index contributed by atoms with van der Waals surface area (Å²) < 4.78 is 49.4. The molecule has 108 valence electrons. The van der Waals surface area contributed by atoms with E-state index >= 15 is 0 Å². The first-order valence-electron chi connectivity index (χ1n) is 5.90. The van der Waals surface area contributed by atoms with Gasteiger partial charge in [-0.25, -0.2) is 0 Å². The fraction of sp³-hybridized carbons (Fsp3) is 0.583. The van der Waals surface area contributed by atoms with Crippen molar-refractivity contribution in [3.8, 4) is 0 Å². The van der Waals surface area contributed by atoms with Gasteiger partial charge in [0, 0.05) is 19.3 Å². The first-order valence-corrected chi connectivity index (χ1v) is 5.90. The third-order valence-electron chi connectivity index (χ3n) is 2.38. The molecule has 0 N–H and O–H groups in total. The summed E-state index contributed by atoms with van der Waals surface area (Å²) >= 11 is 0. The van der Waals surface area contributed by atoms with Crippen LogP contribution in [-0.4, -0.2) is 24.1 Å². The van der Waals surface area contributed by atoms with Crippen LogP contribution in [0.15, 0.2) is 23.0 Å². The number of hydrogen-bond acceptors (Lipinski definition) is 3. The van der Waals surface area contributed by atoms with Crippen molar-refractivity contribution in [2.24, 2.45) is 0 Å². The molecule has 4 nitrogen and oxygen atoms in total. The highest BCUT2D eigenvalue weighted by atomic mass is 19.4. The minimum atomic E-state index is -4.59. The van der Waals surface area contributed by atoms with Gasteiger partial charge >= 0.3 is 6.18 Å². The van der Waals surface area contributed by atoms with E-state index in [1.165, 1.54) is 0 Å². The van der Waals surface area contributed by atoms with Crippen LogP contribution in [0.25, 0.3) is 0 Å². The zero-order chi connectivity index (χ0) is 14.5. The number of nitrogens with zero attached hydrogens (tertiary/aromatic N) is 1. The SMILES string of the molecule is CCOC(Cn1c(C(F)(F)F)cccc1=O)OCC. The van der Waals surface area contributed by atoms with Crippen molar-refractivity contribution in [2.45, 2.75) is 32.9 Å². The molecule has 1 rings (SSSR count). The molecule has 7 heteroatoms. The average molecular weight is 279 g/mol. The van der Waals surface area contributed by atoms with Gasteiger partial charge in [0.05, 0.1) is 6.54 Å². The lowest BCUT2D eigenvalue weighted by Gasteiger charge is -2.21. The normalized spacial score (nSPS) is 12.1. The molecular formula is C12H16F3NO3. The first-order chi connectivity index (χ1) is 8.90. The molecule has 0 bridgehead atoms. The molecule has 0 radical (unpaired) electrons. The summed E-state index contributed by atoms with van der Waals surface area (Å²) in [7, 11) is 0. The zero-order valence-corrected chi connectivity index (χ0v) is 10.7. The Hall–Kier alpha value is -1.34. The fourth-order valence-corrected chi connectivity index (χ4v) is 1.63. The van der Waals surface area contributed by atoms with Crippen LogP contribution in [0.5, 0.6) is 0 Å². The van der Waals surface area contributed by atoms with E-state index in [0.29, 0.717) is 4.57 Å². The molecule has 1 aromatic heterocycles. The van der Waals surface area contributed by atoms with Crippen LogP contribution in [0.3, 0.4) is 0 Å². The Morgan fingerprint density at radius 2 is 1.79 bits per heavy atom. The molecule has 1 aromatic rings. The Kier molecular flexibility index (Phi) is 5.56. The summed E-state index contributed by atoms with van der Waals surface area (Å²) in [6, 6.07) is 3.01. The third kappa shape index (κ3) is 4.36. The minimum Gasteiger partial charge on any atom is -0.351 e. The summed E-state index contributed by atoms with van der Waals surface area (Å²) in [5.74, 6) is 0. The number of pyridine rings is 1. The van der Waals surface area contributed by atoms with Crippen LogP contribution < -0.4 is 5.56 Å². The van der Waals surface area contributed by atoms with Crippen LogP contribution in [0.2, 0.25) is 0 Å². The van der Waals surface area contributed by atoms with Gasteiger partial charge in [-0.05, 0) is 19.9 Å². The quantitative estimate of drug-likeness (QED) is 0.750. The lowest BCUT2D eigenvalue weighted by Crippen LogP contribution is -2.34. The average Bonchev–Trinajstić information content (AvgIpc) is 2.31. The molecule has 0 amide bonds. The summed E-state index contributed by atoms with van der Waals surface area (Å²) in [5.41, 5.74) is -1.75. The van der Waals surface area contributed by atoms with E-state index in [0.717, 1.165) is 18.2 Å². The van der Waals surface area contributed by atoms with Crippen LogP contribution in [-0.2, 0) is 22.2 Å². The number of halogens is 3. The highest BCUT2D eigenvalue weighted by Crippen LogP contribution is 2.28. The van der Waals surface area contributed by atoms with E-state index in [1.54, 1.807) is 13.8 Å². The topological polar surface area (TPSA) is 40.5 Å². The molecule has 0 aliphatic heterocycles. The van der Waals surface area contributed by atoms with Crippen LogP contribution >= 0.6 is 0 Å². The predicted octanol–water partition coefficient (Wildman–Crippen LogP) is 2.27. The third-order valence-corrected chi connectivity index (χ3v) is 2.38. The van der Waals surface area contributed by atoms with E-state index in [2.05, 4.69) is 0 Å². The molecular weight excluding hydrogens is 263 g/mol. The number of ether oxygens (including phenoxy) is 2. The molecule has 0 fully saturated rings. The summed E-state index contributed by atoms with van der Waals surface area (Å²) in [6.45, 7) is 3.67. The zero-order valence-electron chi connectivity index (χ0n) is 10.7. The largest absolute Gasteiger partial charge is 0.431 e. The Bertz CT molecular complexity index is 450. The van der Waals surface area contributed by atoms with Gasteiger partial charge in [-0.3, -0.25) is 9.36 Å². The van der Waals surface area contributed by atoms with Crippen LogP contribution in [0, 0.1) is 0 Å². The predicted molar refractivity (Wildman–Crippen MR) is 62.7 cm³/mol. The second-order valence-electron chi connectivity index (χ2n) is 3.70.